The van der Waals surface area contributed by atoms with Crippen LogP contribution in [0.4, 0.5) is 20.2 Å². The van der Waals surface area contributed by atoms with Crippen molar-refractivity contribution in [2.45, 2.75) is 4.90 Å². The quantitative estimate of drug-likeness (QED) is 0.481. The van der Waals surface area contributed by atoms with Crippen LogP contribution < -0.4 is 14.8 Å². The number of esters is 1. The molecule has 0 radical (unpaired) electrons. The summed E-state index contributed by atoms with van der Waals surface area (Å²) in [5.74, 6) is -2.96. The predicted octanol–water partition coefficient (Wildman–Crippen LogP) is 3.57. The smallest absolute Gasteiger partial charge is 0.338 e. The van der Waals surface area contributed by atoms with Crippen molar-refractivity contribution in [1.82, 2.24) is 0 Å². The fraction of sp³-hybridized carbons (Fsp3) is 0.0909. The van der Waals surface area contributed by atoms with Crippen molar-refractivity contribution < 1.29 is 36.3 Å². The Labute approximate surface area is 188 Å². The van der Waals surface area contributed by atoms with Crippen LogP contribution in [0.3, 0.4) is 0 Å². The number of nitrogens with one attached hydrogen (secondary N) is 2. The molecule has 0 aliphatic rings. The van der Waals surface area contributed by atoms with Crippen LogP contribution in [0.15, 0.2) is 71.6 Å². The van der Waals surface area contributed by atoms with Crippen molar-refractivity contribution >= 4 is 33.3 Å². The highest BCUT2D eigenvalue weighted by molar-refractivity contribution is 7.92. The maximum Gasteiger partial charge on any atom is 0.338 e. The van der Waals surface area contributed by atoms with Crippen molar-refractivity contribution in [2.75, 3.05) is 23.8 Å². The minimum absolute atomic E-state index is 0.127. The second-order valence-electron chi connectivity index (χ2n) is 6.61. The Morgan fingerprint density at radius 3 is 2.39 bits per heavy atom. The molecule has 3 rings (SSSR count). The molecule has 172 valence electrons. The number of rotatable bonds is 8. The van der Waals surface area contributed by atoms with Gasteiger partial charge in [-0.05, 0) is 54.6 Å². The SMILES string of the molecule is COc1ccc(NS(=O)(=O)c2cccc(C(=O)OCC(=O)Nc3cc(F)ccc3F)c2)cc1. The summed E-state index contributed by atoms with van der Waals surface area (Å²) in [6.45, 7) is -0.796. The van der Waals surface area contributed by atoms with Gasteiger partial charge in [0.15, 0.2) is 6.61 Å². The maximum atomic E-state index is 13.6. The van der Waals surface area contributed by atoms with E-state index >= 15 is 0 Å². The zero-order valence-electron chi connectivity index (χ0n) is 17.2. The van der Waals surface area contributed by atoms with Gasteiger partial charge in [-0.3, -0.25) is 9.52 Å². The average Bonchev–Trinajstić information content (AvgIpc) is 2.80. The average molecular weight is 476 g/mol. The second-order valence-corrected chi connectivity index (χ2v) is 8.29. The summed E-state index contributed by atoms with van der Waals surface area (Å²) in [6, 6.07) is 13.7. The second kappa shape index (κ2) is 10.1. The van der Waals surface area contributed by atoms with Crippen molar-refractivity contribution in [3.63, 3.8) is 0 Å². The largest absolute Gasteiger partial charge is 0.497 e. The third-order valence-electron chi connectivity index (χ3n) is 4.26. The number of methoxy groups -OCH3 is 1. The molecule has 0 heterocycles. The van der Waals surface area contributed by atoms with Gasteiger partial charge in [0, 0.05) is 11.8 Å². The summed E-state index contributed by atoms with van der Waals surface area (Å²) in [5.41, 5.74) is -0.254. The molecule has 1 amide bonds. The van der Waals surface area contributed by atoms with E-state index in [9.17, 15) is 26.8 Å². The van der Waals surface area contributed by atoms with E-state index in [-0.39, 0.29) is 16.1 Å². The van der Waals surface area contributed by atoms with Crippen molar-refractivity contribution in [3.05, 3.63) is 83.9 Å². The minimum Gasteiger partial charge on any atom is -0.497 e. The van der Waals surface area contributed by atoms with E-state index in [1.807, 2.05) is 0 Å². The first kappa shape index (κ1) is 23.7. The van der Waals surface area contributed by atoms with Gasteiger partial charge in [0.1, 0.15) is 17.4 Å². The summed E-state index contributed by atoms with van der Waals surface area (Å²) in [6.07, 6.45) is 0. The molecule has 0 fully saturated rings. The fourth-order valence-electron chi connectivity index (χ4n) is 2.66. The predicted molar refractivity (Wildman–Crippen MR) is 116 cm³/mol. The van der Waals surface area contributed by atoms with Crippen LogP contribution >= 0.6 is 0 Å². The number of carbonyl (C=O) groups excluding carboxylic acids is 2. The summed E-state index contributed by atoms with van der Waals surface area (Å²) in [7, 11) is -2.55. The highest BCUT2D eigenvalue weighted by Gasteiger charge is 2.18. The molecule has 3 aromatic rings. The van der Waals surface area contributed by atoms with Crippen molar-refractivity contribution in [1.29, 1.82) is 0 Å². The molecule has 8 nitrogen and oxygen atoms in total. The van der Waals surface area contributed by atoms with E-state index in [0.29, 0.717) is 5.75 Å². The van der Waals surface area contributed by atoms with Crippen LogP contribution in [0.5, 0.6) is 5.75 Å². The molecule has 0 saturated carbocycles. The Morgan fingerprint density at radius 2 is 1.70 bits per heavy atom. The van der Waals surface area contributed by atoms with Crippen LogP contribution in [-0.4, -0.2) is 34.0 Å². The van der Waals surface area contributed by atoms with Crippen LogP contribution in [0, 0.1) is 11.6 Å². The molecule has 2 N–H and O–H groups in total. The van der Waals surface area contributed by atoms with Gasteiger partial charge in [0.25, 0.3) is 15.9 Å². The zero-order valence-corrected chi connectivity index (χ0v) is 18.0. The number of benzene rings is 3. The molecule has 11 heteroatoms. The third kappa shape index (κ3) is 6.26. The first-order chi connectivity index (χ1) is 15.7. The molecular formula is C22H18F2N2O6S. The standard InChI is InChI=1S/C22H18F2N2O6S/c1-31-17-8-6-16(7-9-17)26-33(29,30)18-4-2-3-14(11-18)22(28)32-13-21(27)25-20-12-15(23)5-10-19(20)24/h2-12,26H,13H2,1H3,(H,25,27). The molecule has 0 spiro atoms. The molecular weight excluding hydrogens is 458 g/mol. The number of anilines is 2. The van der Waals surface area contributed by atoms with Gasteiger partial charge in [-0.25, -0.2) is 22.0 Å². The molecule has 0 aromatic heterocycles. The Kier molecular flexibility index (Phi) is 7.23. The van der Waals surface area contributed by atoms with Crippen LogP contribution in [0.1, 0.15) is 10.4 Å². The molecule has 0 unspecified atom stereocenters. The van der Waals surface area contributed by atoms with Gasteiger partial charge in [0.2, 0.25) is 0 Å². The number of carbonyl (C=O) groups is 2. The number of amides is 1. The summed E-state index contributed by atoms with van der Waals surface area (Å²) in [5, 5.41) is 2.08. The molecule has 0 atom stereocenters. The van der Waals surface area contributed by atoms with Gasteiger partial charge in [-0.2, -0.15) is 0 Å². The highest BCUT2D eigenvalue weighted by atomic mass is 32.2. The van der Waals surface area contributed by atoms with E-state index in [2.05, 4.69) is 10.0 Å². The lowest BCUT2D eigenvalue weighted by atomic mass is 10.2. The van der Waals surface area contributed by atoms with Crippen molar-refractivity contribution in [2.24, 2.45) is 0 Å². The maximum absolute atomic E-state index is 13.6. The van der Waals surface area contributed by atoms with E-state index < -0.39 is 45.8 Å². The lowest BCUT2D eigenvalue weighted by Gasteiger charge is -2.10. The number of hydrogen-bond acceptors (Lipinski definition) is 6. The normalized spacial score (nSPS) is 10.9. The van der Waals surface area contributed by atoms with E-state index in [1.54, 1.807) is 12.1 Å². The Bertz CT molecular complexity index is 1280. The molecule has 0 saturated heterocycles. The Balaban J connectivity index is 1.64. The summed E-state index contributed by atoms with van der Waals surface area (Å²) < 4.78 is 64.3. The molecule has 33 heavy (non-hydrogen) atoms. The minimum atomic E-state index is -4.02. The highest BCUT2D eigenvalue weighted by Crippen LogP contribution is 2.20. The number of hydrogen-bond donors (Lipinski definition) is 2. The van der Waals surface area contributed by atoms with Gasteiger partial charge < -0.3 is 14.8 Å². The van der Waals surface area contributed by atoms with Crippen molar-refractivity contribution in [3.8, 4) is 5.75 Å². The van der Waals surface area contributed by atoms with Crippen LogP contribution in [-0.2, 0) is 19.6 Å². The third-order valence-corrected chi connectivity index (χ3v) is 5.64. The Hall–Kier alpha value is -3.99. The van der Waals surface area contributed by atoms with Crippen LogP contribution in [0.25, 0.3) is 0 Å². The van der Waals surface area contributed by atoms with Gasteiger partial charge >= 0.3 is 5.97 Å². The summed E-state index contributed by atoms with van der Waals surface area (Å²) in [4.78, 5) is 24.0. The lowest BCUT2D eigenvalue weighted by Crippen LogP contribution is -2.21. The topological polar surface area (TPSA) is 111 Å². The molecule has 3 aromatic carbocycles. The van der Waals surface area contributed by atoms with E-state index in [0.717, 1.165) is 24.3 Å². The van der Waals surface area contributed by atoms with Gasteiger partial charge in [-0.15, -0.1) is 0 Å². The van der Waals surface area contributed by atoms with Gasteiger partial charge in [0.05, 0.1) is 23.3 Å². The number of halogens is 2. The fourth-order valence-corrected chi connectivity index (χ4v) is 3.76. The number of sulfonamides is 1. The monoisotopic (exact) mass is 476 g/mol. The molecule has 0 aliphatic heterocycles. The van der Waals surface area contributed by atoms with E-state index in [4.69, 9.17) is 9.47 Å². The number of ether oxygens (including phenoxy) is 2. The Morgan fingerprint density at radius 1 is 0.970 bits per heavy atom. The van der Waals surface area contributed by atoms with E-state index in [1.165, 1.54) is 37.4 Å². The lowest BCUT2D eigenvalue weighted by molar-refractivity contribution is -0.119. The van der Waals surface area contributed by atoms with Crippen LogP contribution in [0.2, 0.25) is 0 Å². The zero-order chi connectivity index (χ0) is 24.0. The first-order valence-electron chi connectivity index (χ1n) is 9.37. The molecule has 0 bridgehead atoms. The summed E-state index contributed by atoms with van der Waals surface area (Å²) >= 11 is 0. The first-order valence-corrected chi connectivity index (χ1v) is 10.9. The van der Waals surface area contributed by atoms with Gasteiger partial charge in [-0.1, -0.05) is 6.07 Å². The molecule has 0 aliphatic carbocycles.